The van der Waals surface area contributed by atoms with E-state index in [9.17, 15) is 0 Å². The largest absolute Gasteiger partial charge is 0.320 e. The highest BCUT2D eigenvalue weighted by Crippen LogP contribution is 2.25. The zero-order chi connectivity index (χ0) is 13.5. The summed E-state index contributed by atoms with van der Waals surface area (Å²) < 4.78 is 0. The van der Waals surface area contributed by atoms with E-state index in [0.717, 1.165) is 12.5 Å². The third-order valence-electron chi connectivity index (χ3n) is 3.84. The van der Waals surface area contributed by atoms with Gasteiger partial charge in [-0.2, -0.15) is 0 Å². The van der Waals surface area contributed by atoms with Crippen LogP contribution in [0.3, 0.4) is 0 Å². The number of nitrogens with zero attached hydrogens (tertiary/aromatic N) is 1. The Hall–Kier alpha value is -0.820. The molecule has 19 heavy (non-hydrogen) atoms. The zero-order valence-electron chi connectivity index (χ0n) is 11.8. The molecule has 2 heterocycles. The summed E-state index contributed by atoms with van der Waals surface area (Å²) in [7, 11) is 0. The van der Waals surface area contributed by atoms with Crippen molar-refractivity contribution in [3.05, 3.63) is 21.9 Å². The Balaban J connectivity index is 1.87. The molecule has 3 heteroatoms. The summed E-state index contributed by atoms with van der Waals surface area (Å²) >= 11 is 1.82. The monoisotopic (exact) mass is 276 g/mol. The first-order chi connectivity index (χ1) is 9.33. The minimum atomic E-state index is 0.442. The predicted octanol–water partition coefficient (Wildman–Crippen LogP) is 3.07. The van der Waals surface area contributed by atoms with Gasteiger partial charge in [0.2, 0.25) is 0 Å². The predicted molar refractivity (Wildman–Crippen MR) is 83.2 cm³/mol. The standard InChI is InChI=1S/C16H24N2S/c1-2-4-14-6-10-18(11-7-14)13-16-15(5-3-9-17)8-12-19-16/h8,12,14H,2,4,6-7,9-11,13,17H2,1H3. The van der Waals surface area contributed by atoms with Crippen LogP contribution < -0.4 is 5.73 Å². The third-order valence-corrected chi connectivity index (χ3v) is 4.75. The van der Waals surface area contributed by atoms with Crippen LogP contribution in [-0.2, 0) is 6.54 Å². The zero-order valence-corrected chi connectivity index (χ0v) is 12.6. The third kappa shape index (κ3) is 4.35. The SMILES string of the molecule is CCCC1CCN(Cc2sccc2C#CCN)CC1. The van der Waals surface area contributed by atoms with E-state index in [0.29, 0.717) is 6.54 Å². The van der Waals surface area contributed by atoms with E-state index in [2.05, 4.69) is 35.1 Å². The van der Waals surface area contributed by atoms with Crippen molar-refractivity contribution in [2.75, 3.05) is 19.6 Å². The molecule has 1 saturated heterocycles. The Labute approximate surface area is 121 Å². The number of nitrogens with two attached hydrogens (primary N) is 1. The first kappa shape index (κ1) is 14.6. The van der Waals surface area contributed by atoms with Gasteiger partial charge >= 0.3 is 0 Å². The molecule has 2 nitrogen and oxygen atoms in total. The van der Waals surface area contributed by atoms with E-state index >= 15 is 0 Å². The Morgan fingerprint density at radius 1 is 1.42 bits per heavy atom. The molecule has 0 amide bonds. The number of likely N-dealkylation sites (tertiary alicyclic amines) is 1. The Morgan fingerprint density at radius 2 is 2.21 bits per heavy atom. The van der Waals surface area contributed by atoms with Crippen molar-refractivity contribution in [3.8, 4) is 11.8 Å². The summed E-state index contributed by atoms with van der Waals surface area (Å²) in [5, 5.41) is 2.14. The molecular formula is C16H24N2S. The Bertz CT molecular complexity index is 433. The molecule has 0 aliphatic carbocycles. The lowest BCUT2D eigenvalue weighted by Crippen LogP contribution is -2.33. The lowest BCUT2D eigenvalue weighted by atomic mass is 9.92. The smallest absolute Gasteiger partial charge is 0.0555 e. The van der Waals surface area contributed by atoms with Gasteiger partial charge in [0.25, 0.3) is 0 Å². The molecular weight excluding hydrogens is 252 g/mol. The van der Waals surface area contributed by atoms with Crippen molar-refractivity contribution < 1.29 is 0 Å². The first-order valence-electron chi connectivity index (χ1n) is 7.31. The van der Waals surface area contributed by atoms with Crippen LogP contribution in [0.15, 0.2) is 11.4 Å². The molecule has 0 radical (unpaired) electrons. The van der Waals surface area contributed by atoms with Crippen molar-refractivity contribution in [1.29, 1.82) is 0 Å². The summed E-state index contributed by atoms with van der Waals surface area (Å²) in [5.74, 6) is 7.10. The van der Waals surface area contributed by atoms with Gasteiger partial charge in [0, 0.05) is 17.0 Å². The lowest BCUT2D eigenvalue weighted by molar-refractivity contribution is 0.173. The van der Waals surface area contributed by atoms with Gasteiger partial charge in [-0.1, -0.05) is 31.6 Å². The maximum Gasteiger partial charge on any atom is 0.0555 e. The van der Waals surface area contributed by atoms with Crippen LogP contribution in [0.4, 0.5) is 0 Å². The second-order valence-corrected chi connectivity index (χ2v) is 6.27. The molecule has 0 spiro atoms. The topological polar surface area (TPSA) is 29.3 Å². The molecule has 0 unspecified atom stereocenters. The minimum absolute atomic E-state index is 0.442. The maximum absolute atomic E-state index is 5.44. The van der Waals surface area contributed by atoms with Crippen molar-refractivity contribution in [3.63, 3.8) is 0 Å². The van der Waals surface area contributed by atoms with Crippen LogP contribution in [-0.4, -0.2) is 24.5 Å². The van der Waals surface area contributed by atoms with Gasteiger partial charge in [-0.25, -0.2) is 0 Å². The van der Waals surface area contributed by atoms with Gasteiger partial charge in [-0.05, 0) is 43.3 Å². The van der Waals surface area contributed by atoms with Crippen LogP contribution in [0.1, 0.15) is 43.0 Å². The van der Waals surface area contributed by atoms with E-state index in [1.807, 2.05) is 11.3 Å². The van der Waals surface area contributed by atoms with Crippen LogP contribution in [0, 0.1) is 17.8 Å². The molecule has 0 saturated carbocycles. The van der Waals surface area contributed by atoms with Crippen molar-refractivity contribution >= 4 is 11.3 Å². The lowest BCUT2D eigenvalue weighted by Gasteiger charge is -2.31. The van der Waals surface area contributed by atoms with Gasteiger partial charge < -0.3 is 5.73 Å². The minimum Gasteiger partial charge on any atom is -0.320 e. The van der Waals surface area contributed by atoms with Gasteiger partial charge in [0.05, 0.1) is 6.54 Å². The molecule has 1 aromatic rings. The average molecular weight is 276 g/mol. The van der Waals surface area contributed by atoms with E-state index in [1.165, 1.54) is 49.2 Å². The van der Waals surface area contributed by atoms with Crippen molar-refractivity contribution in [1.82, 2.24) is 4.90 Å². The van der Waals surface area contributed by atoms with E-state index in [4.69, 9.17) is 5.73 Å². The summed E-state index contributed by atoms with van der Waals surface area (Å²) in [4.78, 5) is 3.97. The second-order valence-electron chi connectivity index (χ2n) is 5.27. The first-order valence-corrected chi connectivity index (χ1v) is 8.19. The van der Waals surface area contributed by atoms with Crippen LogP contribution in [0.25, 0.3) is 0 Å². The summed E-state index contributed by atoms with van der Waals surface area (Å²) in [6.45, 7) is 6.28. The average Bonchev–Trinajstić information content (AvgIpc) is 2.86. The molecule has 0 aromatic carbocycles. The molecule has 0 atom stereocenters. The molecule has 1 fully saturated rings. The Kier molecular flexibility index (Phi) is 5.91. The molecule has 2 N–H and O–H groups in total. The number of rotatable bonds is 4. The molecule has 1 aromatic heterocycles. The number of piperidine rings is 1. The normalized spacial score (nSPS) is 17.2. The molecule has 1 aliphatic heterocycles. The van der Waals surface area contributed by atoms with Crippen molar-refractivity contribution in [2.24, 2.45) is 11.7 Å². The molecule has 0 bridgehead atoms. The summed E-state index contributed by atoms with van der Waals surface area (Å²) in [6, 6.07) is 2.12. The van der Waals surface area contributed by atoms with Crippen molar-refractivity contribution in [2.45, 2.75) is 39.2 Å². The summed E-state index contributed by atoms with van der Waals surface area (Å²) in [6.07, 6.45) is 5.46. The van der Waals surface area contributed by atoms with E-state index in [1.54, 1.807) is 0 Å². The second kappa shape index (κ2) is 7.69. The number of hydrogen-bond acceptors (Lipinski definition) is 3. The highest BCUT2D eigenvalue weighted by molar-refractivity contribution is 7.10. The highest BCUT2D eigenvalue weighted by atomic mass is 32.1. The number of hydrogen-bond donors (Lipinski definition) is 1. The maximum atomic E-state index is 5.44. The summed E-state index contributed by atoms with van der Waals surface area (Å²) in [5.41, 5.74) is 6.61. The Morgan fingerprint density at radius 3 is 2.89 bits per heavy atom. The molecule has 104 valence electrons. The van der Waals surface area contributed by atoms with Gasteiger partial charge in [-0.3, -0.25) is 4.90 Å². The van der Waals surface area contributed by atoms with Crippen LogP contribution in [0.2, 0.25) is 0 Å². The van der Waals surface area contributed by atoms with Gasteiger partial charge in [-0.15, -0.1) is 11.3 Å². The highest BCUT2D eigenvalue weighted by Gasteiger charge is 2.19. The van der Waals surface area contributed by atoms with Gasteiger partial charge in [0.1, 0.15) is 0 Å². The fraction of sp³-hybridized carbons (Fsp3) is 0.625. The van der Waals surface area contributed by atoms with E-state index < -0.39 is 0 Å². The van der Waals surface area contributed by atoms with E-state index in [-0.39, 0.29) is 0 Å². The fourth-order valence-corrected chi connectivity index (χ4v) is 3.64. The fourth-order valence-electron chi connectivity index (χ4n) is 2.77. The number of thiophene rings is 1. The molecule has 2 rings (SSSR count). The van der Waals surface area contributed by atoms with Gasteiger partial charge in [0.15, 0.2) is 0 Å². The van der Waals surface area contributed by atoms with Crippen LogP contribution in [0.5, 0.6) is 0 Å². The van der Waals surface area contributed by atoms with Crippen LogP contribution >= 0.6 is 11.3 Å². The molecule has 1 aliphatic rings. The quantitative estimate of drug-likeness (QED) is 0.856.